The molecule has 0 saturated carbocycles. The van der Waals surface area contributed by atoms with Gasteiger partial charge in [-0.05, 0) is 54.8 Å². The van der Waals surface area contributed by atoms with Gasteiger partial charge in [-0.15, -0.1) is 11.3 Å². The van der Waals surface area contributed by atoms with Gasteiger partial charge in [-0.2, -0.15) is 0 Å². The topological polar surface area (TPSA) is 42.0 Å². The number of carbonyl (C=O) groups excluding carboxylic acids is 1. The SMILES string of the molecule is Cc1ccc(NC(=O)Cc2csc(SCc3ccc(Br)cc3)n2)cc1C. The number of nitrogens with zero attached hydrogens (tertiary/aromatic N) is 1. The normalized spacial score (nSPS) is 10.7. The van der Waals surface area contributed by atoms with E-state index in [-0.39, 0.29) is 5.91 Å². The van der Waals surface area contributed by atoms with Crippen LogP contribution in [0.2, 0.25) is 0 Å². The zero-order valence-electron chi connectivity index (χ0n) is 14.6. The van der Waals surface area contributed by atoms with E-state index >= 15 is 0 Å². The molecule has 3 aromatic rings. The van der Waals surface area contributed by atoms with Crippen molar-refractivity contribution in [1.82, 2.24) is 4.98 Å². The molecule has 3 rings (SSSR count). The molecule has 1 N–H and O–H groups in total. The number of hydrogen-bond donors (Lipinski definition) is 1. The molecule has 1 amide bonds. The number of halogens is 1. The molecule has 3 nitrogen and oxygen atoms in total. The van der Waals surface area contributed by atoms with Crippen LogP contribution >= 0.6 is 39.0 Å². The summed E-state index contributed by atoms with van der Waals surface area (Å²) in [5, 5.41) is 4.91. The molecule has 0 atom stereocenters. The van der Waals surface area contributed by atoms with Crippen molar-refractivity contribution in [1.29, 1.82) is 0 Å². The average Bonchev–Trinajstić information content (AvgIpc) is 3.05. The highest BCUT2D eigenvalue weighted by atomic mass is 79.9. The summed E-state index contributed by atoms with van der Waals surface area (Å²) in [6, 6.07) is 14.2. The average molecular weight is 447 g/mol. The fourth-order valence-electron chi connectivity index (χ4n) is 2.35. The molecule has 0 aliphatic carbocycles. The monoisotopic (exact) mass is 446 g/mol. The van der Waals surface area contributed by atoms with Crippen molar-refractivity contribution in [2.45, 2.75) is 30.4 Å². The molecule has 26 heavy (non-hydrogen) atoms. The third kappa shape index (κ3) is 5.43. The zero-order valence-corrected chi connectivity index (χ0v) is 17.8. The van der Waals surface area contributed by atoms with E-state index < -0.39 is 0 Å². The van der Waals surface area contributed by atoms with Crippen molar-refractivity contribution in [3.05, 3.63) is 74.7 Å². The van der Waals surface area contributed by atoms with Crippen molar-refractivity contribution in [3.8, 4) is 0 Å². The fraction of sp³-hybridized carbons (Fsp3) is 0.200. The third-order valence-corrected chi connectivity index (χ3v) is 6.61. The van der Waals surface area contributed by atoms with E-state index in [2.05, 4.69) is 45.3 Å². The molecule has 0 bridgehead atoms. The second kappa shape index (κ2) is 8.84. The van der Waals surface area contributed by atoms with Crippen molar-refractivity contribution >= 4 is 50.6 Å². The molecule has 2 aromatic carbocycles. The van der Waals surface area contributed by atoms with Gasteiger partial charge in [0.1, 0.15) is 4.34 Å². The molecular weight excluding hydrogens is 428 g/mol. The molecule has 134 valence electrons. The van der Waals surface area contributed by atoms with E-state index in [1.54, 1.807) is 23.1 Å². The van der Waals surface area contributed by atoms with Crippen LogP contribution < -0.4 is 5.32 Å². The van der Waals surface area contributed by atoms with E-state index in [4.69, 9.17) is 0 Å². The number of rotatable bonds is 6. The number of thioether (sulfide) groups is 1. The molecule has 0 aliphatic heterocycles. The summed E-state index contributed by atoms with van der Waals surface area (Å²) in [4.78, 5) is 16.8. The van der Waals surface area contributed by atoms with Crippen LogP contribution in [0.1, 0.15) is 22.4 Å². The highest BCUT2D eigenvalue weighted by molar-refractivity contribution is 9.10. The molecule has 1 aromatic heterocycles. The van der Waals surface area contributed by atoms with Crippen molar-refractivity contribution in [2.24, 2.45) is 0 Å². The number of hydrogen-bond acceptors (Lipinski definition) is 4. The van der Waals surface area contributed by atoms with E-state index in [0.29, 0.717) is 6.42 Å². The van der Waals surface area contributed by atoms with Crippen LogP contribution in [0.4, 0.5) is 5.69 Å². The first-order chi connectivity index (χ1) is 12.5. The van der Waals surface area contributed by atoms with Gasteiger partial charge in [0, 0.05) is 21.3 Å². The van der Waals surface area contributed by atoms with Crippen LogP contribution in [0.5, 0.6) is 0 Å². The predicted octanol–water partition coefficient (Wildman–Crippen LogP) is 6.00. The van der Waals surface area contributed by atoms with Gasteiger partial charge in [-0.25, -0.2) is 4.98 Å². The number of carbonyl (C=O) groups is 1. The molecule has 0 unspecified atom stereocenters. The lowest BCUT2D eigenvalue weighted by Gasteiger charge is -2.06. The van der Waals surface area contributed by atoms with Gasteiger partial charge >= 0.3 is 0 Å². The zero-order chi connectivity index (χ0) is 18.5. The molecule has 1 heterocycles. The van der Waals surface area contributed by atoms with Gasteiger partial charge in [-0.1, -0.05) is 45.9 Å². The van der Waals surface area contributed by atoms with Crippen LogP contribution in [0, 0.1) is 13.8 Å². The summed E-state index contributed by atoms with van der Waals surface area (Å²) >= 11 is 6.73. The highest BCUT2D eigenvalue weighted by Crippen LogP contribution is 2.27. The van der Waals surface area contributed by atoms with Gasteiger partial charge in [0.25, 0.3) is 0 Å². The van der Waals surface area contributed by atoms with Crippen LogP contribution in [0.3, 0.4) is 0 Å². The Morgan fingerprint density at radius 2 is 1.92 bits per heavy atom. The van der Waals surface area contributed by atoms with Crippen LogP contribution in [-0.4, -0.2) is 10.9 Å². The van der Waals surface area contributed by atoms with E-state index in [9.17, 15) is 4.79 Å². The summed E-state index contributed by atoms with van der Waals surface area (Å²) in [6.07, 6.45) is 0.294. The lowest BCUT2D eigenvalue weighted by Crippen LogP contribution is -2.14. The lowest BCUT2D eigenvalue weighted by atomic mass is 10.1. The summed E-state index contributed by atoms with van der Waals surface area (Å²) in [6.45, 7) is 4.10. The van der Waals surface area contributed by atoms with Gasteiger partial charge < -0.3 is 5.32 Å². The third-order valence-electron chi connectivity index (χ3n) is 3.94. The Labute approximate surface area is 170 Å². The van der Waals surface area contributed by atoms with Gasteiger partial charge in [0.2, 0.25) is 5.91 Å². The minimum atomic E-state index is -0.0389. The number of amides is 1. The fourth-order valence-corrected chi connectivity index (χ4v) is 4.42. The Morgan fingerprint density at radius 3 is 2.65 bits per heavy atom. The second-order valence-corrected chi connectivity index (χ2v) is 9.04. The smallest absolute Gasteiger partial charge is 0.230 e. The maximum atomic E-state index is 12.2. The molecule has 0 radical (unpaired) electrons. The Hall–Kier alpha value is -1.63. The van der Waals surface area contributed by atoms with Crippen LogP contribution in [0.15, 0.2) is 56.7 Å². The summed E-state index contributed by atoms with van der Waals surface area (Å²) in [5.74, 6) is 0.831. The first kappa shape index (κ1) is 19.1. The number of anilines is 1. The summed E-state index contributed by atoms with van der Waals surface area (Å²) in [5.41, 5.74) is 5.29. The minimum absolute atomic E-state index is 0.0389. The Kier molecular flexibility index (Phi) is 6.51. The number of aromatic nitrogens is 1. The van der Waals surface area contributed by atoms with Crippen molar-refractivity contribution in [3.63, 3.8) is 0 Å². The highest BCUT2D eigenvalue weighted by Gasteiger charge is 2.09. The molecule has 0 fully saturated rings. The summed E-state index contributed by atoms with van der Waals surface area (Å²) in [7, 11) is 0. The summed E-state index contributed by atoms with van der Waals surface area (Å²) < 4.78 is 2.07. The maximum Gasteiger partial charge on any atom is 0.230 e. The molecular formula is C20H19BrN2OS2. The van der Waals surface area contributed by atoms with E-state index in [0.717, 1.165) is 25.9 Å². The quantitative estimate of drug-likeness (QED) is 0.472. The number of thiazole rings is 1. The number of aryl methyl sites for hydroxylation is 2. The predicted molar refractivity (Wildman–Crippen MR) is 114 cm³/mol. The second-order valence-electron chi connectivity index (χ2n) is 6.04. The lowest BCUT2D eigenvalue weighted by molar-refractivity contribution is -0.115. The van der Waals surface area contributed by atoms with Crippen LogP contribution in [-0.2, 0) is 17.0 Å². The Balaban J connectivity index is 1.53. The minimum Gasteiger partial charge on any atom is -0.326 e. The van der Waals surface area contributed by atoms with Crippen molar-refractivity contribution < 1.29 is 4.79 Å². The molecule has 0 saturated heterocycles. The van der Waals surface area contributed by atoms with Gasteiger partial charge in [-0.3, -0.25) is 4.79 Å². The Morgan fingerprint density at radius 1 is 1.15 bits per heavy atom. The molecule has 0 spiro atoms. The molecule has 0 aliphatic rings. The standard InChI is InChI=1S/C20H19BrN2OS2/c1-13-3-8-17(9-14(13)2)22-19(24)10-18-12-26-20(23-18)25-11-15-4-6-16(21)7-5-15/h3-9,12H,10-11H2,1-2H3,(H,22,24). The first-order valence-electron chi connectivity index (χ1n) is 8.18. The maximum absolute atomic E-state index is 12.2. The largest absolute Gasteiger partial charge is 0.326 e. The van der Waals surface area contributed by atoms with Gasteiger partial charge in [0.05, 0.1) is 12.1 Å². The first-order valence-corrected chi connectivity index (χ1v) is 10.8. The van der Waals surface area contributed by atoms with E-state index in [1.807, 2.05) is 42.6 Å². The Bertz CT molecular complexity index is 906. The van der Waals surface area contributed by atoms with Crippen LogP contribution in [0.25, 0.3) is 0 Å². The number of benzene rings is 2. The molecule has 6 heteroatoms. The van der Waals surface area contributed by atoms with E-state index in [1.165, 1.54) is 16.7 Å². The van der Waals surface area contributed by atoms with Crippen molar-refractivity contribution in [2.75, 3.05) is 5.32 Å². The number of nitrogens with one attached hydrogen (secondary N) is 1. The van der Waals surface area contributed by atoms with Gasteiger partial charge in [0.15, 0.2) is 0 Å².